The number of nitrogens with one attached hydrogen (secondary N) is 1. The highest BCUT2D eigenvalue weighted by Gasteiger charge is 2.29. The minimum atomic E-state index is -4.00. The van der Waals surface area contributed by atoms with Crippen molar-refractivity contribution in [1.29, 1.82) is 0 Å². The second-order valence-electron chi connectivity index (χ2n) is 6.94. The van der Waals surface area contributed by atoms with E-state index in [2.05, 4.69) is 26.1 Å². The smallest absolute Gasteiger partial charge is 0.314 e. The first-order chi connectivity index (χ1) is 8.68. The Labute approximate surface area is 115 Å². The van der Waals surface area contributed by atoms with E-state index in [1.165, 1.54) is 25.7 Å². The molecule has 1 saturated carbocycles. The third-order valence-electron chi connectivity index (χ3n) is 4.27. The van der Waals surface area contributed by atoms with Gasteiger partial charge in [-0.2, -0.15) is 13.2 Å². The van der Waals surface area contributed by atoms with Crippen molar-refractivity contribution < 1.29 is 13.2 Å². The van der Waals surface area contributed by atoms with Gasteiger partial charge in [-0.15, -0.1) is 0 Å². The average Bonchev–Trinajstić information content (AvgIpc) is 2.26. The standard InChI is InChI=1S/C15H28F3N/c1-14(2,3)12-6-8-13(9-7-12)19-11-5-4-10-15(16,17)18/h12-13,19H,4-11H2,1-3H3. The molecule has 0 unspecified atom stereocenters. The fourth-order valence-corrected chi connectivity index (χ4v) is 2.92. The Kier molecular flexibility index (Phi) is 6.15. The zero-order valence-corrected chi connectivity index (χ0v) is 12.4. The summed E-state index contributed by atoms with van der Waals surface area (Å²) in [7, 11) is 0. The van der Waals surface area contributed by atoms with Gasteiger partial charge in [-0.3, -0.25) is 0 Å². The van der Waals surface area contributed by atoms with Crippen LogP contribution >= 0.6 is 0 Å². The molecule has 1 nitrogen and oxygen atoms in total. The lowest BCUT2D eigenvalue weighted by molar-refractivity contribution is -0.135. The van der Waals surface area contributed by atoms with Crippen molar-refractivity contribution in [3.8, 4) is 0 Å². The summed E-state index contributed by atoms with van der Waals surface area (Å²) in [5.74, 6) is 0.788. The minimum Gasteiger partial charge on any atom is -0.314 e. The van der Waals surface area contributed by atoms with E-state index in [1.54, 1.807) is 0 Å². The van der Waals surface area contributed by atoms with Crippen molar-refractivity contribution in [2.45, 2.75) is 77.9 Å². The molecule has 4 heteroatoms. The van der Waals surface area contributed by atoms with Crippen LogP contribution in [0.15, 0.2) is 0 Å². The Hall–Kier alpha value is -0.250. The van der Waals surface area contributed by atoms with Crippen LogP contribution in [0.4, 0.5) is 13.2 Å². The van der Waals surface area contributed by atoms with Crippen molar-refractivity contribution in [3.63, 3.8) is 0 Å². The van der Waals surface area contributed by atoms with Gasteiger partial charge >= 0.3 is 6.18 Å². The molecule has 19 heavy (non-hydrogen) atoms. The molecular weight excluding hydrogens is 251 g/mol. The van der Waals surface area contributed by atoms with Gasteiger partial charge in [0.1, 0.15) is 0 Å². The Morgan fingerprint density at radius 3 is 2.00 bits per heavy atom. The lowest BCUT2D eigenvalue weighted by Crippen LogP contribution is -2.36. The van der Waals surface area contributed by atoms with Crippen LogP contribution in [0.1, 0.15) is 65.7 Å². The van der Waals surface area contributed by atoms with E-state index in [0.717, 1.165) is 12.5 Å². The molecule has 114 valence electrons. The van der Waals surface area contributed by atoms with Gasteiger partial charge in [0, 0.05) is 12.5 Å². The SMILES string of the molecule is CC(C)(C)C1CCC(NCCCCC(F)(F)F)CC1. The third kappa shape index (κ3) is 7.19. The van der Waals surface area contributed by atoms with E-state index < -0.39 is 12.6 Å². The van der Waals surface area contributed by atoms with Crippen LogP contribution in [0, 0.1) is 11.3 Å². The summed E-state index contributed by atoms with van der Waals surface area (Å²) >= 11 is 0. The summed E-state index contributed by atoms with van der Waals surface area (Å²) in [6, 6.07) is 0.518. The molecule has 1 aliphatic carbocycles. The second kappa shape index (κ2) is 6.96. The predicted octanol–water partition coefficient (Wildman–Crippen LogP) is 4.91. The zero-order valence-electron chi connectivity index (χ0n) is 12.4. The number of alkyl halides is 3. The lowest BCUT2D eigenvalue weighted by Gasteiger charge is -2.37. The summed E-state index contributed by atoms with van der Waals surface area (Å²) in [6.07, 6.45) is 1.04. The van der Waals surface area contributed by atoms with Crippen LogP contribution in [0.25, 0.3) is 0 Å². The maximum absolute atomic E-state index is 12.0. The van der Waals surface area contributed by atoms with Crippen molar-refractivity contribution in [1.82, 2.24) is 5.32 Å². The van der Waals surface area contributed by atoms with E-state index in [0.29, 0.717) is 17.9 Å². The summed E-state index contributed by atoms with van der Waals surface area (Å²) < 4.78 is 35.9. The molecule has 1 N–H and O–H groups in total. The Balaban J connectivity index is 2.07. The van der Waals surface area contributed by atoms with E-state index in [1.807, 2.05) is 0 Å². The van der Waals surface area contributed by atoms with Gasteiger partial charge in [-0.05, 0) is 56.4 Å². The number of halogens is 3. The summed E-state index contributed by atoms with van der Waals surface area (Å²) in [5, 5.41) is 3.41. The topological polar surface area (TPSA) is 12.0 Å². The normalized spacial score (nSPS) is 25.6. The Morgan fingerprint density at radius 2 is 1.53 bits per heavy atom. The van der Waals surface area contributed by atoms with Gasteiger partial charge in [-0.25, -0.2) is 0 Å². The van der Waals surface area contributed by atoms with Crippen LogP contribution in [0.2, 0.25) is 0 Å². The van der Waals surface area contributed by atoms with Crippen molar-refractivity contribution in [2.75, 3.05) is 6.54 Å². The van der Waals surface area contributed by atoms with Crippen LogP contribution in [-0.2, 0) is 0 Å². The number of hydrogen-bond donors (Lipinski definition) is 1. The summed E-state index contributed by atoms with van der Waals surface area (Å²) in [6.45, 7) is 7.61. The van der Waals surface area contributed by atoms with Crippen molar-refractivity contribution >= 4 is 0 Å². The molecule has 0 spiro atoms. The molecule has 0 amide bonds. The van der Waals surface area contributed by atoms with Crippen LogP contribution < -0.4 is 5.32 Å². The Morgan fingerprint density at radius 1 is 0.947 bits per heavy atom. The van der Waals surface area contributed by atoms with Crippen molar-refractivity contribution in [3.05, 3.63) is 0 Å². The fourth-order valence-electron chi connectivity index (χ4n) is 2.92. The van der Waals surface area contributed by atoms with Crippen molar-refractivity contribution in [2.24, 2.45) is 11.3 Å². The molecule has 0 aromatic heterocycles. The monoisotopic (exact) mass is 279 g/mol. The van der Waals surface area contributed by atoms with E-state index in [4.69, 9.17) is 0 Å². The molecule has 0 atom stereocenters. The molecule has 0 heterocycles. The molecule has 0 bridgehead atoms. The predicted molar refractivity (Wildman–Crippen MR) is 73.1 cm³/mol. The van der Waals surface area contributed by atoms with Gasteiger partial charge in [0.2, 0.25) is 0 Å². The number of rotatable bonds is 5. The molecule has 1 rings (SSSR count). The lowest BCUT2D eigenvalue weighted by atomic mass is 9.71. The molecule has 1 fully saturated rings. The third-order valence-corrected chi connectivity index (χ3v) is 4.27. The maximum Gasteiger partial charge on any atom is 0.389 e. The molecule has 0 saturated heterocycles. The highest BCUT2D eigenvalue weighted by atomic mass is 19.4. The summed E-state index contributed by atoms with van der Waals surface area (Å²) in [5.41, 5.74) is 0.387. The maximum atomic E-state index is 12.0. The van der Waals surface area contributed by atoms with Gasteiger partial charge in [0.25, 0.3) is 0 Å². The van der Waals surface area contributed by atoms with Gasteiger partial charge in [-0.1, -0.05) is 20.8 Å². The highest BCUT2D eigenvalue weighted by Crippen LogP contribution is 2.37. The van der Waals surface area contributed by atoms with E-state index in [9.17, 15) is 13.2 Å². The number of unbranched alkanes of at least 4 members (excludes halogenated alkanes) is 1. The highest BCUT2D eigenvalue weighted by molar-refractivity contribution is 4.83. The molecule has 0 aromatic rings. The Bertz CT molecular complexity index is 247. The van der Waals surface area contributed by atoms with Crippen LogP contribution in [-0.4, -0.2) is 18.8 Å². The number of hydrogen-bond acceptors (Lipinski definition) is 1. The zero-order chi connectivity index (χ0) is 14.5. The quantitative estimate of drug-likeness (QED) is 0.705. The first kappa shape index (κ1) is 16.8. The minimum absolute atomic E-state index is 0.244. The first-order valence-electron chi connectivity index (χ1n) is 7.48. The van der Waals surface area contributed by atoms with Gasteiger partial charge < -0.3 is 5.32 Å². The largest absolute Gasteiger partial charge is 0.389 e. The second-order valence-corrected chi connectivity index (χ2v) is 6.94. The molecule has 0 aromatic carbocycles. The molecular formula is C15H28F3N. The summed E-state index contributed by atoms with van der Waals surface area (Å²) in [4.78, 5) is 0. The molecule has 1 aliphatic rings. The van der Waals surface area contributed by atoms with E-state index in [-0.39, 0.29) is 6.42 Å². The fraction of sp³-hybridized carbons (Fsp3) is 1.00. The van der Waals surface area contributed by atoms with E-state index >= 15 is 0 Å². The van der Waals surface area contributed by atoms with Crippen LogP contribution in [0.3, 0.4) is 0 Å². The van der Waals surface area contributed by atoms with Crippen LogP contribution in [0.5, 0.6) is 0 Å². The first-order valence-corrected chi connectivity index (χ1v) is 7.48. The molecule has 0 aliphatic heterocycles. The molecule has 0 radical (unpaired) electrons. The average molecular weight is 279 g/mol. The van der Waals surface area contributed by atoms with Gasteiger partial charge in [0.05, 0.1) is 0 Å². The van der Waals surface area contributed by atoms with Gasteiger partial charge in [0.15, 0.2) is 0 Å².